The Morgan fingerprint density at radius 1 is 1.00 bits per heavy atom. The van der Waals surface area contributed by atoms with Gasteiger partial charge in [0.15, 0.2) is 0 Å². The molecular weight excluding hydrogens is 501 g/mol. The summed E-state index contributed by atoms with van der Waals surface area (Å²) in [6, 6.07) is 9.54. The highest BCUT2D eigenvalue weighted by Crippen LogP contribution is 2.39. The molecule has 0 bridgehead atoms. The zero-order chi connectivity index (χ0) is 28.0. The molecule has 2 N–H and O–H groups in total. The van der Waals surface area contributed by atoms with Gasteiger partial charge in [-0.2, -0.15) is 0 Å². The minimum Gasteiger partial charge on any atom is -0.338 e. The van der Waals surface area contributed by atoms with Gasteiger partial charge in [0, 0.05) is 24.3 Å². The Hall–Kier alpha value is -4.47. The molecule has 0 radical (unpaired) electrons. The Labute approximate surface area is 222 Å². The second kappa shape index (κ2) is 8.26. The van der Waals surface area contributed by atoms with Crippen molar-refractivity contribution < 1.29 is 9.18 Å². The highest BCUT2D eigenvalue weighted by Gasteiger charge is 2.39. The maximum absolute atomic E-state index is 14.9. The van der Waals surface area contributed by atoms with Gasteiger partial charge in [0.25, 0.3) is 11.1 Å². The number of aryl methyl sites for hydroxylation is 2. The van der Waals surface area contributed by atoms with Crippen molar-refractivity contribution in [1.82, 2.24) is 13.7 Å². The molecule has 0 atom stereocenters. The lowest BCUT2D eigenvalue weighted by Crippen LogP contribution is -2.41. The monoisotopic (exact) mass is 529 g/mol. The van der Waals surface area contributed by atoms with Crippen molar-refractivity contribution in [2.24, 2.45) is 7.05 Å². The summed E-state index contributed by atoms with van der Waals surface area (Å²) in [6.07, 6.45) is 1.35. The molecule has 9 nitrogen and oxygen atoms in total. The predicted octanol–water partition coefficient (Wildman–Crippen LogP) is 3.92. The number of carbonyl (C=O) groups is 1. The highest BCUT2D eigenvalue weighted by molar-refractivity contribution is 6.06. The summed E-state index contributed by atoms with van der Waals surface area (Å²) in [6.45, 7) is 6.96. The van der Waals surface area contributed by atoms with Crippen LogP contribution in [0.1, 0.15) is 49.4 Å². The Morgan fingerprint density at radius 3 is 2.38 bits per heavy atom. The van der Waals surface area contributed by atoms with Crippen molar-refractivity contribution in [1.29, 1.82) is 0 Å². The van der Waals surface area contributed by atoms with E-state index in [9.17, 15) is 23.6 Å². The van der Waals surface area contributed by atoms with Crippen molar-refractivity contribution in [2.45, 2.75) is 52.0 Å². The van der Waals surface area contributed by atoms with E-state index in [4.69, 9.17) is 0 Å². The molecule has 39 heavy (non-hydrogen) atoms. The summed E-state index contributed by atoms with van der Waals surface area (Å²) < 4.78 is 18.7. The molecule has 6 rings (SSSR count). The summed E-state index contributed by atoms with van der Waals surface area (Å²) in [5.74, 6) is -0.609. The minimum absolute atomic E-state index is 0.0899. The summed E-state index contributed by atoms with van der Waals surface area (Å²) in [5, 5.41) is 5.94. The van der Waals surface area contributed by atoms with Crippen LogP contribution in [0, 0.1) is 19.7 Å². The van der Waals surface area contributed by atoms with Crippen LogP contribution in [-0.4, -0.2) is 19.6 Å². The Morgan fingerprint density at radius 2 is 1.72 bits per heavy atom. The third-order valence-electron chi connectivity index (χ3n) is 7.88. The van der Waals surface area contributed by atoms with Gasteiger partial charge in [-0.1, -0.05) is 12.1 Å². The molecule has 0 unspecified atom stereocenters. The minimum atomic E-state index is -0.741. The van der Waals surface area contributed by atoms with Gasteiger partial charge in [0.2, 0.25) is 5.91 Å². The van der Waals surface area contributed by atoms with Gasteiger partial charge in [-0.05, 0) is 75.9 Å². The second-order valence-electron chi connectivity index (χ2n) is 11.0. The fourth-order valence-electron chi connectivity index (χ4n) is 5.42. The van der Waals surface area contributed by atoms with Crippen molar-refractivity contribution >= 4 is 34.0 Å². The molecule has 0 saturated heterocycles. The number of nitrogens with one attached hydrogen (secondary N) is 2. The molecule has 1 saturated carbocycles. The molecule has 3 heterocycles. The first-order valence-electron chi connectivity index (χ1n) is 12.8. The van der Waals surface area contributed by atoms with Crippen LogP contribution in [0.5, 0.6) is 0 Å². The number of carbonyl (C=O) groups excluding carboxylic acids is 1. The molecule has 2 aromatic carbocycles. The zero-order valence-electron chi connectivity index (χ0n) is 22.3. The number of halogens is 1. The molecule has 1 aliphatic heterocycles. The van der Waals surface area contributed by atoms with Crippen LogP contribution in [0.15, 0.2) is 50.8 Å². The van der Waals surface area contributed by atoms with Gasteiger partial charge in [-0.15, -0.1) is 0 Å². The lowest BCUT2D eigenvalue weighted by molar-refractivity contribution is -0.119. The molecular formula is C29H28FN5O4. The molecule has 1 amide bonds. The predicted molar refractivity (Wildman–Crippen MR) is 148 cm³/mol. The standard InChI is InChI=1S/C29H28FN5O4/c1-14-6-11-20(19(30)12-14)31-24-22-23(15(2)25(36)33(24)5)34(28(39)35(26(22)37)16-7-8-16)17-9-10-18-21(13-17)32-27(38)29(18,3)4/h6,9-13,16,31H,7-8H2,1-5H3,(H,32,38). The van der Waals surface area contributed by atoms with Crippen LogP contribution in [0.25, 0.3) is 16.6 Å². The average Bonchev–Trinajstić information content (AvgIpc) is 3.68. The van der Waals surface area contributed by atoms with Gasteiger partial charge in [-0.3, -0.25) is 28.1 Å². The van der Waals surface area contributed by atoms with E-state index in [1.807, 2.05) is 13.8 Å². The number of benzene rings is 2. The maximum atomic E-state index is 14.9. The number of hydrogen-bond donors (Lipinski definition) is 2. The van der Waals surface area contributed by atoms with E-state index < -0.39 is 28.0 Å². The third kappa shape index (κ3) is 3.58. The quantitative estimate of drug-likeness (QED) is 0.417. The molecule has 2 aliphatic rings. The summed E-state index contributed by atoms with van der Waals surface area (Å²) in [5.41, 5.74) is 0.616. The van der Waals surface area contributed by atoms with E-state index in [1.54, 1.807) is 44.2 Å². The molecule has 0 spiro atoms. The van der Waals surface area contributed by atoms with Gasteiger partial charge in [-0.25, -0.2) is 9.18 Å². The van der Waals surface area contributed by atoms with E-state index >= 15 is 0 Å². The summed E-state index contributed by atoms with van der Waals surface area (Å²) in [7, 11) is 1.51. The number of pyridine rings is 1. The summed E-state index contributed by atoms with van der Waals surface area (Å²) >= 11 is 0. The molecule has 1 fully saturated rings. The maximum Gasteiger partial charge on any atom is 0.336 e. The smallest absolute Gasteiger partial charge is 0.336 e. The number of aromatic nitrogens is 3. The lowest BCUT2D eigenvalue weighted by atomic mass is 9.86. The van der Waals surface area contributed by atoms with Crippen LogP contribution in [0.2, 0.25) is 0 Å². The van der Waals surface area contributed by atoms with Crippen molar-refractivity contribution in [3.63, 3.8) is 0 Å². The average molecular weight is 530 g/mol. The van der Waals surface area contributed by atoms with Crippen molar-refractivity contribution in [3.05, 3.63) is 90.1 Å². The molecule has 1 aliphatic carbocycles. The fraction of sp³-hybridized carbons (Fsp3) is 0.310. The first-order chi connectivity index (χ1) is 18.4. The van der Waals surface area contributed by atoms with Gasteiger partial charge < -0.3 is 10.6 Å². The number of nitrogens with zero attached hydrogens (tertiary/aromatic N) is 3. The summed E-state index contributed by atoms with van der Waals surface area (Å²) in [4.78, 5) is 53.9. The molecule has 2 aromatic heterocycles. The number of rotatable bonds is 4. The number of hydrogen-bond acceptors (Lipinski definition) is 5. The SMILES string of the molecule is Cc1ccc(Nc2c3c(=O)n(C4CC4)c(=O)n(-c4ccc5c(c4)NC(=O)C5(C)C)c3c(C)c(=O)n2C)c(F)c1. The van der Waals surface area contributed by atoms with Crippen molar-refractivity contribution in [3.8, 4) is 5.69 Å². The third-order valence-corrected chi connectivity index (χ3v) is 7.88. The molecule has 10 heteroatoms. The van der Waals surface area contributed by atoms with Gasteiger partial charge in [0.05, 0.1) is 22.3 Å². The van der Waals surface area contributed by atoms with Crippen LogP contribution < -0.4 is 27.4 Å². The van der Waals surface area contributed by atoms with E-state index in [-0.39, 0.29) is 39.9 Å². The Bertz CT molecular complexity index is 1930. The van der Waals surface area contributed by atoms with Gasteiger partial charge >= 0.3 is 5.69 Å². The van der Waals surface area contributed by atoms with Crippen LogP contribution >= 0.6 is 0 Å². The first kappa shape index (κ1) is 24.8. The van der Waals surface area contributed by atoms with Crippen molar-refractivity contribution in [2.75, 3.05) is 10.6 Å². The normalized spacial score (nSPS) is 15.9. The van der Waals surface area contributed by atoms with E-state index in [0.29, 0.717) is 24.2 Å². The fourth-order valence-corrected chi connectivity index (χ4v) is 5.42. The van der Waals surface area contributed by atoms with Crippen LogP contribution in [0.4, 0.5) is 21.6 Å². The first-order valence-corrected chi connectivity index (χ1v) is 12.8. The zero-order valence-corrected chi connectivity index (χ0v) is 22.3. The molecule has 200 valence electrons. The Balaban J connectivity index is 1.72. The highest BCUT2D eigenvalue weighted by atomic mass is 19.1. The van der Waals surface area contributed by atoms with Gasteiger partial charge in [0.1, 0.15) is 17.0 Å². The van der Waals surface area contributed by atoms with Crippen LogP contribution in [0.3, 0.4) is 0 Å². The Kier molecular flexibility index (Phi) is 5.26. The van der Waals surface area contributed by atoms with E-state index in [2.05, 4.69) is 10.6 Å². The lowest BCUT2D eigenvalue weighted by Gasteiger charge is -2.21. The van der Waals surface area contributed by atoms with E-state index in [0.717, 1.165) is 11.1 Å². The van der Waals surface area contributed by atoms with E-state index in [1.165, 1.54) is 26.8 Å². The largest absolute Gasteiger partial charge is 0.338 e. The second-order valence-corrected chi connectivity index (χ2v) is 11.0. The van der Waals surface area contributed by atoms with Crippen LogP contribution in [-0.2, 0) is 17.3 Å². The number of fused-ring (bicyclic) bond motifs is 2. The number of amides is 1. The topological polar surface area (TPSA) is 107 Å². The number of anilines is 3. The molecule has 4 aromatic rings.